The third kappa shape index (κ3) is 18.0. The molecule has 0 saturated carbocycles. The molecule has 1 aromatic rings. The fraction of sp³-hybridized carbons (Fsp3) is 0.595. The summed E-state index contributed by atoms with van der Waals surface area (Å²) in [4.78, 5) is 110. The fourth-order valence-corrected chi connectivity index (χ4v) is 6.03. The number of halogens is 2. The molecule has 1 heterocycles. The number of unbranched alkanes of at least 4 members (excludes halogenated alkanes) is 1. The molecule has 22 heteroatoms. The van der Waals surface area contributed by atoms with Gasteiger partial charge in [-0.25, -0.2) is 8.78 Å². The van der Waals surface area contributed by atoms with Crippen LogP contribution < -0.4 is 60.2 Å². The summed E-state index contributed by atoms with van der Waals surface area (Å²) in [5.41, 5.74) is 22.2. The van der Waals surface area contributed by atoms with Crippen molar-refractivity contribution in [3.05, 3.63) is 35.4 Å². The molecular formula is C37H58F2N12O8. The summed E-state index contributed by atoms with van der Waals surface area (Å²) in [5.74, 6) is -9.03. The molecule has 20 nitrogen and oxygen atoms in total. The van der Waals surface area contributed by atoms with Crippen molar-refractivity contribution in [1.82, 2.24) is 37.2 Å². The molecule has 1 saturated heterocycles. The summed E-state index contributed by atoms with van der Waals surface area (Å²) in [6.07, 6.45) is 0.450. The van der Waals surface area contributed by atoms with Crippen molar-refractivity contribution in [2.24, 2.45) is 27.9 Å². The molecule has 1 aliphatic heterocycles. The van der Waals surface area contributed by atoms with Gasteiger partial charge in [-0.05, 0) is 69.2 Å². The van der Waals surface area contributed by atoms with Crippen LogP contribution in [0.5, 0.6) is 0 Å². The lowest BCUT2D eigenvalue weighted by atomic mass is 10.0. The number of benzene rings is 1. The lowest BCUT2D eigenvalue weighted by Crippen LogP contribution is -2.60. The Morgan fingerprint density at radius 1 is 0.847 bits per heavy atom. The molecule has 1 unspecified atom stereocenters. The summed E-state index contributed by atoms with van der Waals surface area (Å²) in [5, 5.41) is 17.8. The predicted octanol–water partition coefficient (Wildman–Crippen LogP) is -2.80. The normalized spacial score (nSPS) is 21.7. The topological polar surface area (TPSA) is 337 Å². The van der Waals surface area contributed by atoms with E-state index in [-0.39, 0.29) is 82.5 Å². The summed E-state index contributed by atoms with van der Waals surface area (Å²) in [6, 6.07) is -5.27. The van der Waals surface area contributed by atoms with E-state index in [1.54, 1.807) is 0 Å². The van der Waals surface area contributed by atoms with E-state index in [2.05, 4.69) is 42.2 Å². The summed E-state index contributed by atoms with van der Waals surface area (Å²) >= 11 is 0. The standard InChI is InChI=1S/C37H58F2N12O8/c1-3-4-7-25(46-20(2)52)32(55)50-28-12-13-30(53)44-17-14-24(31(41)54)47-33(56)27(9-6-16-45-37(42)43)49-36(59)29(19-21-10-11-22(38)23(39)18-21)51-34(57)26(8-5-15-40)48-35(28)58/h10-11,18,24-29H,3-9,12-17,19,40H2,1-2H3,(H2,41,54)(H,44,53)(H,46,52)(H,47,56)(H,48,58)(H,49,59)(H,50,55)(H,51,57)(H4,42,43,45)/t24?,25-,26-,27-,28-,29+/m0/s1. The maximum Gasteiger partial charge on any atom is 0.243 e. The van der Waals surface area contributed by atoms with E-state index in [1.807, 2.05) is 6.92 Å². The van der Waals surface area contributed by atoms with Gasteiger partial charge in [0.25, 0.3) is 0 Å². The second-order valence-electron chi connectivity index (χ2n) is 14.1. The molecule has 0 bridgehead atoms. The number of rotatable bonds is 16. The number of amides is 8. The van der Waals surface area contributed by atoms with Gasteiger partial charge in [0.15, 0.2) is 17.6 Å². The van der Waals surface area contributed by atoms with Crippen molar-refractivity contribution in [2.45, 2.75) is 121 Å². The Labute approximate surface area is 340 Å². The highest BCUT2D eigenvalue weighted by Crippen LogP contribution is 2.13. The molecule has 1 aliphatic rings. The zero-order chi connectivity index (χ0) is 44.1. The molecule has 0 radical (unpaired) electrons. The van der Waals surface area contributed by atoms with Gasteiger partial charge >= 0.3 is 0 Å². The molecule has 6 atom stereocenters. The van der Waals surface area contributed by atoms with Gasteiger partial charge in [-0.2, -0.15) is 0 Å². The maximum atomic E-state index is 14.3. The van der Waals surface area contributed by atoms with E-state index in [1.165, 1.54) is 13.0 Å². The molecular weight excluding hydrogens is 778 g/mol. The van der Waals surface area contributed by atoms with Crippen LogP contribution >= 0.6 is 0 Å². The zero-order valence-electron chi connectivity index (χ0n) is 33.4. The maximum absolute atomic E-state index is 14.3. The SMILES string of the molecule is CCCC[C@H](NC(C)=O)C(=O)N[C@H]1CCC(=O)NCCC(C(N)=O)NC(=O)[C@H](CCCN=C(N)N)NC(=O)[C@@H](Cc2ccc(F)c(F)c2)NC(=O)[C@H](CCCN)NC1=O. The van der Waals surface area contributed by atoms with Gasteiger partial charge in [-0.3, -0.25) is 43.3 Å². The average molecular weight is 837 g/mol. The third-order valence-electron chi connectivity index (χ3n) is 9.21. The molecule has 328 valence electrons. The molecule has 0 aliphatic carbocycles. The molecule has 0 aromatic heterocycles. The quantitative estimate of drug-likeness (QED) is 0.0459. The highest BCUT2D eigenvalue weighted by atomic mass is 19.2. The Bertz CT molecular complexity index is 1680. The van der Waals surface area contributed by atoms with Crippen LogP contribution in [0.15, 0.2) is 23.2 Å². The van der Waals surface area contributed by atoms with Gasteiger partial charge in [0.2, 0.25) is 47.3 Å². The van der Waals surface area contributed by atoms with Crippen LogP contribution in [0.4, 0.5) is 8.78 Å². The van der Waals surface area contributed by atoms with Crippen molar-refractivity contribution in [3.8, 4) is 0 Å². The van der Waals surface area contributed by atoms with E-state index in [0.29, 0.717) is 12.8 Å². The highest BCUT2D eigenvalue weighted by Gasteiger charge is 2.34. The number of hydrogen-bond donors (Lipinski definition) is 11. The number of guanidine groups is 1. The van der Waals surface area contributed by atoms with Crippen molar-refractivity contribution in [2.75, 3.05) is 19.6 Å². The number of primary amides is 1. The number of nitrogens with zero attached hydrogens (tertiary/aromatic N) is 1. The first kappa shape index (κ1) is 49.2. The molecule has 59 heavy (non-hydrogen) atoms. The van der Waals surface area contributed by atoms with Crippen LogP contribution in [-0.2, 0) is 44.8 Å². The van der Waals surface area contributed by atoms with Crippen LogP contribution in [0.1, 0.15) is 83.6 Å². The second kappa shape index (κ2) is 25.4. The van der Waals surface area contributed by atoms with Crippen molar-refractivity contribution < 1.29 is 47.1 Å². The second-order valence-corrected chi connectivity index (χ2v) is 14.1. The number of carbonyl (C=O) groups is 8. The molecule has 8 amide bonds. The monoisotopic (exact) mass is 836 g/mol. The largest absolute Gasteiger partial charge is 0.370 e. The van der Waals surface area contributed by atoms with Crippen LogP contribution in [0.25, 0.3) is 0 Å². The van der Waals surface area contributed by atoms with Gasteiger partial charge in [-0.1, -0.05) is 25.8 Å². The van der Waals surface area contributed by atoms with Crippen molar-refractivity contribution in [1.29, 1.82) is 0 Å². The van der Waals surface area contributed by atoms with Crippen molar-refractivity contribution >= 4 is 53.2 Å². The Morgan fingerprint density at radius 3 is 2.08 bits per heavy atom. The summed E-state index contributed by atoms with van der Waals surface area (Å²) in [6.45, 7) is 3.06. The van der Waals surface area contributed by atoms with E-state index >= 15 is 0 Å². The van der Waals surface area contributed by atoms with Crippen molar-refractivity contribution in [3.63, 3.8) is 0 Å². The lowest BCUT2D eigenvalue weighted by Gasteiger charge is -2.27. The smallest absolute Gasteiger partial charge is 0.243 e. The number of hydrogen-bond acceptors (Lipinski definition) is 10. The Morgan fingerprint density at radius 2 is 1.47 bits per heavy atom. The van der Waals surface area contributed by atoms with Gasteiger partial charge in [0.1, 0.15) is 36.3 Å². The third-order valence-corrected chi connectivity index (χ3v) is 9.21. The van der Waals surface area contributed by atoms with Crippen LogP contribution in [0.2, 0.25) is 0 Å². The summed E-state index contributed by atoms with van der Waals surface area (Å²) in [7, 11) is 0. The average Bonchev–Trinajstić information content (AvgIpc) is 3.17. The number of nitrogens with two attached hydrogens (primary N) is 4. The van der Waals surface area contributed by atoms with Gasteiger partial charge < -0.3 is 60.2 Å². The Hall–Kier alpha value is -5.93. The minimum Gasteiger partial charge on any atom is -0.370 e. The molecule has 2 rings (SSSR count). The minimum atomic E-state index is -1.57. The lowest BCUT2D eigenvalue weighted by molar-refractivity contribution is -0.135. The summed E-state index contributed by atoms with van der Waals surface area (Å²) < 4.78 is 28.2. The van der Waals surface area contributed by atoms with Gasteiger partial charge in [0, 0.05) is 32.9 Å². The molecule has 1 fully saturated rings. The molecule has 15 N–H and O–H groups in total. The zero-order valence-corrected chi connectivity index (χ0v) is 33.4. The predicted molar refractivity (Wildman–Crippen MR) is 211 cm³/mol. The van der Waals surface area contributed by atoms with Crippen LogP contribution in [0.3, 0.4) is 0 Å². The van der Waals surface area contributed by atoms with E-state index in [0.717, 1.165) is 12.1 Å². The number of aliphatic imine (C=N–C) groups is 1. The highest BCUT2D eigenvalue weighted by molar-refractivity contribution is 5.97. The minimum absolute atomic E-state index is 0.0406. The fourth-order valence-electron chi connectivity index (χ4n) is 6.03. The molecule has 1 aromatic carbocycles. The van der Waals surface area contributed by atoms with Crippen LogP contribution in [-0.4, -0.2) is 109 Å². The number of nitrogens with one attached hydrogen (secondary N) is 7. The molecule has 0 spiro atoms. The van der Waals surface area contributed by atoms with Crippen LogP contribution in [0, 0.1) is 11.6 Å². The first-order valence-corrected chi connectivity index (χ1v) is 19.5. The van der Waals surface area contributed by atoms with E-state index < -0.39 is 102 Å². The van der Waals surface area contributed by atoms with E-state index in [9.17, 15) is 47.1 Å². The van der Waals surface area contributed by atoms with Gasteiger partial charge in [0.05, 0.1) is 0 Å². The van der Waals surface area contributed by atoms with Gasteiger partial charge in [-0.15, -0.1) is 0 Å². The first-order valence-electron chi connectivity index (χ1n) is 19.5. The number of carbonyl (C=O) groups excluding carboxylic acids is 8. The Kier molecular flexibility index (Phi) is 21.2. The first-order chi connectivity index (χ1) is 27.9. The Balaban J connectivity index is 2.62. The van der Waals surface area contributed by atoms with E-state index in [4.69, 9.17) is 22.9 Å².